The number of nitrogens with zero attached hydrogens (tertiary/aromatic N) is 1. The first-order chi connectivity index (χ1) is 15.1. The molecule has 2 N–H and O–H groups in total. The number of ether oxygens (including phenoxy) is 1. The number of anilines is 1. The first-order valence-electron chi connectivity index (χ1n) is 9.90. The summed E-state index contributed by atoms with van der Waals surface area (Å²) in [5, 5.41) is 2.37. The zero-order valence-corrected chi connectivity index (χ0v) is 17.8. The van der Waals surface area contributed by atoms with Crippen molar-refractivity contribution in [2.45, 2.75) is 36.8 Å². The minimum absolute atomic E-state index is 0.0205. The summed E-state index contributed by atoms with van der Waals surface area (Å²) in [5.41, 5.74) is -0.658. The van der Waals surface area contributed by atoms with Crippen LogP contribution in [0.5, 0.6) is 5.75 Å². The Balaban J connectivity index is 1.94. The number of hydrogen-bond acceptors (Lipinski definition) is 5. The Morgan fingerprint density at radius 1 is 1.09 bits per heavy atom. The van der Waals surface area contributed by atoms with Crippen molar-refractivity contribution in [3.63, 3.8) is 0 Å². The molecule has 12 heteroatoms. The standard InChI is InChI=1S/C20H22F3N3O5S/c21-20(22,23)13-31-17-7-6-15(32(29,30)26-9-3-1-2-4-10-26)11-16(17)25-19(28)14-5-8-18(27)24-12-14/h5-8,11-12H,1-4,9-10,13H2,(H,24,27)(H,25,28). The van der Waals surface area contributed by atoms with Gasteiger partial charge in [-0.25, -0.2) is 8.42 Å². The van der Waals surface area contributed by atoms with Gasteiger partial charge in [-0.05, 0) is 37.1 Å². The lowest BCUT2D eigenvalue weighted by atomic mass is 10.2. The van der Waals surface area contributed by atoms with E-state index in [0.29, 0.717) is 25.9 Å². The van der Waals surface area contributed by atoms with Crippen LogP contribution in [0.4, 0.5) is 18.9 Å². The number of hydrogen-bond donors (Lipinski definition) is 2. The largest absolute Gasteiger partial charge is 0.482 e. The van der Waals surface area contributed by atoms with Crippen LogP contribution < -0.4 is 15.6 Å². The number of halogens is 3. The maximum Gasteiger partial charge on any atom is 0.422 e. The molecule has 2 aromatic rings. The van der Waals surface area contributed by atoms with E-state index in [4.69, 9.17) is 4.74 Å². The molecule has 0 aliphatic carbocycles. The number of benzene rings is 1. The third-order valence-corrected chi connectivity index (χ3v) is 6.73. The van der Waals surface area contributed by atoms with E-state index in [2.05, 4.69) is 10.3 Å². The number of amides is 1. The summed E-state index contributed by atoms with van der Waals surface area (Å²) in [5.74, 6) is -1.10. The smallest absolute Gasteiger partial charge is 0.422 e. The van der Waals surface area contributed by atoms with E-state index in [1.54, 1.807) is 0 Å². The Labute approximate surface area is 182 Å². The van der Waals surface area contributed by atoms with Gasteiger partial charge in [-0.3, -0.25) is 9.59 Å². The fourth-order valence-electron chi connectivity index (χ4n) is 3.23. The fourth-order valence-corrected chi connectivity index (χ4v) is 4.77. The second-order valence-electron chi connectivity index (χ2n) is 7.28. The number of alkyl halides is 3. The number of H-pyrrole nitrogens is 1. The van der Waals surface area contributed by atoms with Gasteiger partial charge in [0.15, 0.2) is 6.61 Å². The average molecular weight is 473 g/mol. The van der Waals surface area contributed by atoms with Crippen LogP contribution in [0, 0.1) is 0 Å². The number of nitrogens with one attached hydrogen (secondary N) is 2. The van der Waals surface area contributed by atoms with Crippen LogP contribution in [0.3, 0.4) is 0 Å². The summed E-state index contributed by atoms with van der Waals surface area (Å²) in [6, 6.07) is 5.65. The van der Waals surface area contributed by atoms with Gasteiger partial charge in [0.1, 0.15) is 5.75 Å². The quantitative estimate of drug-likeness (QED) is 0.670. The number of aromatic nitrogens is 1. The first kappa shape index (κ1) is 23.8. The van der Waals surface area contributed by atoms with Gasteiger partial charge in [-0.2, -0.15) is 17.5 Å². The molecule has 1 aliphatic rings. The summed E-state index contributed by atoms with van der Waals surface area (Å²) >= 11 is 0. The molecular weight excluding hydrogens is 451 g/mol. The van der Waals surface area contributed by atoms with Crippen molar-refractivity contribution in [1.29, 1.82) is 0 Å². The molecule has 0 atom stereocenters. The maximum absolute atomic E-state index is 13.1. The number of carbonyl (C=O) groups excluding carboxylic acids is 1. The number of pyridine rings is 1. The first-order valence-corrected chi connectivity index (χ1v) is 11.3. The van der Waals surface area contributed by atoms with Gasteiger partial charge in [0.05, 0.1) is 16.1 Å². The average Bonchev–Trinajstić information content (AvgIpc) is 3.03. The molecule has 1 aliphatic heterocycles. The van der Waals surface area contributed by atoms with Crippen molar-refractivity contribution in [3.05, 3.63) is 52.4 Å². The van der Waals surface area contributed by atoms with Crippen molar-refractivity contribution >= 4 is 21.6 Å². The van der Waals surface area contributed by atoms with E-state index in [9.17, 15) is 31.2 Å². The summed E-state index contributed by atoms with van der Waals surface area (Å²) < 4.78 is 70.2. The van der Waals surface area contributed by atoms with Crippen LogP contribution in [0.15, 0.2) is 46.2 Å². The lowest BCUT2D eigenvalue weighted by Crippen LogP contribution is -2.32. The van der Waals surface area contributed by atoms with Crippen molar-refractivity contribution in [1.82, 2.24) is 9.29 Å². The molecule has 1 aromatic carbocycles. The molecule has 32 heavy (non-hydrogen) atoms. The van der Waals surface area contributed by atoms with E-state index < -0.39 is 34.3 Å². The molecule has 174 valence electrons. The minimum atomic E-state index is -4.63. The van der Waals surface area contributed by atoms with Gasteiger partial charge in [0.2, 0.25) is 15.6 Å². The molecule has 0 bridgehead atoms. The lowest BCUT2D eigenvalue weighted by molar-refractivity contribution is -0.153. The molecule has 8 nitrogen and oxygen atoms in total. The van der Waals surface area contributed by atoms with E-state index in [-0.39, 0.29) is 21.9 Å². The molecule has 1 fully saturated rings. The maximum atomic E-state index is 13.1. The molecule has 1 saturated heterocycles. The fraction of sp³-hybridized carbons (Fsp3) is 0.400. The molecule has 0 unspecified atom stereocenters. The molecular formula is C20H22F3N3O5S. The van der Waals surface area contributed by atoms with Gasteiger partial charge < -0.3 is 15.0 Å². The number of carbonyl (C=O) groups is 1. The molecule has 2 heterocycles. The zero-order chi connectivity index (χ0) is 23.4. The van der Waals surface area contributed by atoms with Gasteiger partial charge in [0, 0.05) is 25.4 Å². The summed E-state index contributed by atoms with van der Waals surface area (Å²) in [6.07, 6.45) is -0.250. The molecule has 1 amide bonds. The van der Waals surface area contributed by atoms with Crippen LogP contribution in [-0.4, -0.2) is 49.5 Å². The predicted molar refractivity (Wildman–Crippen MR) is 110 cm³/mol. The number of rotatable bonds is 6. The Morgan fingerprint density at radius 2 is 1.78 bits per heavy atom. The highest BCUT2D eigenvalue weighted by atomic mass is 32.2. The predicted octanol–water partition coefficient (Wildman–Crippen LogP) is 3.13. The Morgan fingerprint density at radius 3 is 2.38 bits per heavy atom. The van der Waals surface area contributed by atoms with Gasteiger partial charge in [-0.1, -0.05) is 12.8 Å². The molecule has 3 rings (SSSR count). The SMILES string of the molecule is O=C(Nc1cc(S(=O)(=O)N2CCCCCC2)ccc1OCC(F)(F)F)c1ccc(=O)[nH]c1. The summed E-state index contributed by atoms with van der Waals surface area (Å²) in [6.45, 7) is -0.936. The van der Waals surface area contributed by atoms with E-state index in [1.165, 1.54) is 10.4 Å². The third-order valence-electron chi connectivity index (χ3n) is 4.84. The van der Waals surface area contributed by atoms with Crippen molar-refractivity contribution in [2.24, 2.45) is 0 Å². The van der Waals surface area contributed by atoms with Crippen molar-refractivity contribution in [3.8, 4) is 5.75 Å². The van der Waals surface area contributed by atoms with Crippen LogP contribution in [0.25, 0.3) is 0 Å². The number of sulfonamides is 1. The molecule has 0 spiro atoms. The van der Waals surface area contributed by atoms with E-state index in [1.807, 2.05) is 0 Å². The second-order valence-corrected chi connectivity index (χ2v) is 9.21. The van der Waals surface area contributed by atoms with Gasteiger partial charge >= 0.3 is 6.18 Å². The van der Waals surface area contributed by atoms with Crippen LogP contribution in [0.2, 0.25) is 0 Å². The van der Waals surface area contributed by atoms with Gasteiger partial charge in [-0.15, -0.1) is 0 Å². The topological polar surface area (TPSA) is 109 Å². The van der Waals surface area contributed by atoms with Gasteiger partial charge in [0.25, 0.3) is 5.91 Å². The molecule has 0 radical (unpaired) electrons. The van der Waals surface area contributed by atoms with E-state index >= 15 is 0 Å². The Kier molecular flexibility index (Phi) is 7.24. The monoisotopic (exact) mass is 473 g/mol. The summed E-state index contributed by atoms with van der Waals surface area (Å²) in [4.78, 5) is 25.8. The molecule has 1 aromatic heterocycles. The minimum Gasteiger partial charge on any atom is -0.482 e. The van der Waals surface area contributed by atoms with Crippen LogP contribution in [0.1, 0.15) is 36.0 Å². The second kappa shape index (κ2) is 9.74. The lowest BCUT2D eigenvalue weighted by Gasteiger charge is -2.21. The van der Waals surface area contributed by atoms with Crippen molar-refractivity contribution < 1.29 is 31.1 Å². The highest BCUT2D eigenvalue weighted by Crippen LogP contribution is 2.31. The van der Waals surface area contributed by atoms with Crippen molar-refractivity contribution in [2.75, 3.05) is 25.0 Å². The molecule has 0 saturated carbocycles. The highest BCUT2D eigenvalue weighted by Gasteiger charge is 2.30. The Hall–Kier alpha value is -2.86. The number of aromatic amines is 1. The normalized spacial score (nSPS) is 15.7. The Bertz CT molecular complexity index is 1100. The zero-order valence-electron chi connectivity index (χ0n) is 16.9. The van der Waals surface area contributed by atoms with Crippen LogP contribution >= 0.6 is 0 Å². The van der Waals surface area contributed by atoms with Crippen LogP contribution in [-0.2, 0) is 10.0 Å². The summed E-state index contributed by atoms with van der Waals surface area (Å²) in [7, 11) is -3.92. The third kappa shape index (κ3) is 6.10. The van der Waals surface area contributed by atoms with E-state index in [0.717, 1.165) is 43.3 Å². The highest BCUT2D eigenvalue weighted by molar-refractivity contribution is 7.89.